The van der Waals surface area contributed by atoms with Gasteiger partial charge in [0.25, 0.3) is 0 Å². The van der Waals surface area contributed by atoms with Gasteiger partial charge < -0.3 is 9.64 Å². The van der Waals surface area contributed by atoms with Crippen LogP contribution in [0.25, 0.3) is 10.8 Å². The SMILES string of the molecule is O=C(C1CCCN(Cc2cccc3ccccc23)C1)N1CCOCC1. The molecule has 0 radical (unpaired) electrons. The highest BCUT2D eigenvalue weighted by molar-refractivity contribution is 5.85. The predicted molar refractivity (Wildman–Crippen MR) is 99.3 cm³/mol. The van der Waals surface area contributed by atoms with Crippen LogP contribution in [0.3, 0.4) is 0 Å². The number of ether oxygens (including phenoxy) is 1. The fourth-order valence-electron chi connectivity index (χ4n) is 4.11. The number of hydrogen-bond donors (Lipinski definition) is 0. The van der Waals surface area contributed by atoms with Crippen LogP contribution in [0.1, 0.15) is 18.4 Å². The van der Waals surface area contributed by atoms with Crippen molar-refractivity contribution in [2.24, 2.45) is 5.92 Å². The molecule has 2 saturated heterocycles. The number of carbonyl (C=O) groups is 1. The number of benzene rings is 2. The summed E-state index contributed by atoms with van der Waals surface area (Å²) in [6, 6.07) is 15.1. The lowest BCUT2D eigenvalue weighted by atomic mass is 9.95. The molecule has 0 aromatic heterocycles. The highest BCUT2D eigenvalue weighted by Crippen LogP contribution is 2.24. The maximum Gasteiger partial charge on any atom is 0.227 e. The van der Waals surface area contributed by atoms with Crippen LogP contribution in [0.5, 0.6) is 0 Å². The number of rotatable bonds is 3. The largest absolute Gasteiger partial charge is 0.378 e. The molecule has 4 nitrogen and oxygen atoms in total. The van der Waals surface area contributed by atoms with E-state index in [2.05, 4.69) is 47.4 Å². The van der Waals surface area contributed by atoms with Crippen molar-refractivity contribution in [2.45, 2.75) is 19.4 Å². The second kappa shape index (κ2) is 7.54. The van der Waals surface area contributed by atoms with Crippen LogP contribution < -0.4 is 0 Å². The first-order valence-corrected chi connectivity index (χ1v) is 9.37. The van der Waals surface area contributed by atoms with Crippen LogP contribution in [-0.2, 0) is 16.1 Å². The van der Waals surface area contributed by atoms with E-state index in [0.717, 1.165) is 45.6 Å². The minimum absolute atomic E-state index is 0.141. The van der Waals surface area contributed by atoms with Crippen molar-refractivity contribution < 1.29 is 9.53 Å². The Morgan fingerprint density at radius 2 is 1.84 bits per heavy atom. The summed E-state index contributed by atoms with van der Waals surface area (Å²) in [5, 5.41) is 2.62. The van der Waals surface area contributed by atoms with E-state index in [9.17, 15) is 4.79 Å². The quantitative estimate of drug-likeness (QED) is 0.863. The Labute approximate surface area is 149 Å². The van der Waals surface area contributed by atoms with E-state index in [4.69, 9.17) is 4.74 Å². The summed E-state index contributed by atoms with van der Waals surface area (Å²) >= 11 is 0. The topological polar surface area (TPSA) is 32.8 Å². The third-order valence-electron chi connectivity index (χ3n) is 5.45. The highest BCUT2D eigenvalue weighted by atomic mass is 16.5. The molecular weight excluding hydrogens is 312 g/mol. The Kier molecular flexibility index (Phi) is 4.99. The lowest BCUT2D eigenvalue weighted by molar-refractivity contribution is -0.141. The second-order valence-electron chi connectivity index (χ2n) is 7.15. The van der Waals surface area contributed by atoms with Crippen LogP contribution in [0.15, 0.2) is 42.5 Å². The average molecular weight is 338 g/mol. The second-order valence-corrected chi connectivity index (χ2v) is 7.15. The summed E-state index contributed by atoms with van der Waals surface area (Å²) in [6.07, 6.45) is 2.12. The molecule has 25 heavy (non-hydrogen) atoms. The molecule has 2 heterocycles. The van der Waals surface area contributed by atoms with E-state index in [0.29, 0.717) is 19.1 Å². The minimum Gasteiger partial charge on any atom is -0.378 e. The van der Waals surface area contributed by atoms with Crippen molar-refractivity contribution in [3.8, 4) is 0 Å². The van der Waals surface area contributed by atoms with Gasteiger partial charge >= 0.3 is 0 Å². The summed E-state index contributed by atoms with van der Waals surface area (Å²) in [5.74, 6) is 0.466. The van der Waals surface area contributed by atoms with E-state index in [-0.39, 0.29) is 5.92 Å². The molecule has 1 unspecified atom stereocenters. The molecule has 2 aliphatic heterocycles. The first-order valence-electron chi connectivity index (χ1n) is 9.37. The third-order valence-corrected chi connectivity index (χ3v) is 5.45. The van der Waals surface area contributed by atoms with Gasteiger partial charge in [0.15, 0.2) is 0 Å². The van der Waals surface area contributed by atoms with Crippen molar-refractivity contribution >= 4 is 16.7 Å². The van der Waals surface area contributed by atoms with Crippen molar-refractivity contribution in [1.29, 1.82) is 0 Å². The smallest absolute Gasteiger partial charge is 0.227 e. The van der Waals surface area contributed by atoms with E-state index in [1.165, 1.54) is 16.3 Å². The normalized spacial score (nSPS) is 22.2. The zero-order chi connectivity index (χ0) is 17.1. The van der Waals surface area contributed by atoms with Crippen LogP contribution in [0, 0.1) is 5.92 Å². The van der Waals surface area contributed by atoms with Gasteiger partial charge in [0, 0.05) is 26.2 Å². The zero-order valence-electron chi connectivity index (χ0n) is 14.7. The fraction of sp³-hybridized carbons (Fsp3) is 0.476. The monoisotopic (exact) mass is 338 g/mol. The van der Waals surface area contributed by atoms with Gasteiger partial charge in [0.1, 0.15) is 0 Å². The Hall–Kier alpha value is -1.91. The predicted octanol–water partition coefficient (Wildman–Crippen LogP) is 2.91. The highest BCUT2D eigenvalue weighted by Gasteiger charge is 2.30. The molecule has 1 amide bonds. The van der Waals surface area contributed by atoms with Crippen molar-refractivity contribution in [3.05, 3.63) is 48.0 Å². The maximum absolute atomic E-state index is 12.8. The summed E-state index contributed by atoms with van der Waals surface area (Å²) in [4.78, 5) is 17.3. The molecule has 2 aromatic rings. The van der Waals surface area contributed by atoms with Gasteiger partial charge in [-0.2, -0.15) is 0 Å². The molecule has 2 aliphatic rings. The number of hydrogen-bond acceptors (Lipinski definition) is 3. The molecule has 4 rings (SSSR count). The number of likely N-dealkylation sites (tertiary alicyclic amines) is 1. The first-order chi connectivity index (χ1) is 12.3. The van der Waals surface area contributed by atoms with Crippen LogP contribution in [0.2, 0.25) is 0 Å². The molecular formula is C21H26N2O2. The standard InChI is InChI=1S/C21H26N2O2/c24-21(23-11-13-25-14-12-23)19-8-4-10-22(16-19)15-18-7-3-6-17-5-1-2-9-20(17)18/h1-3,5-7,9,19H,4,8,10-16H2. The molecule has 0 N–H and O–H groups in total. The van der Waals surface area contributed by atoms with Gasteiger partial charge in [0.05, 0.1) is 19.1 Å². The van der Waals surface area contributed by atoms with E-state index < -0.39 is 0 Å². The number of carbonyl (C=O) groups excluding carboxylic acids is 1. The molecule has 0 aliphatic carbocycles. The van der Waals surface area contributed by atoms with Gasteiger partial charge in [-0.15, -0.1) is 0 Å². The third kappa shape index (κ3) is 3.70. The lowest BCUT2D eigenvalue weighted by Crippen LogP contribution is -2.48. The molecule has 2 aromatic carbocycles. The zero-order valence-corrected chi connectivity index (χ0v) is 14.7. The molecule has 1 atom stereocenters. The van der Waals surface area contributed by atoms with Gasteiger partial charge in [-0.1, -0.05) is 42.5 Å². The summed E-state index contributed by atoms with van der Waals surface area (Å²) in [5.41, 5.74) is 1.36. The number of amides is 1. The lowest BCUT2D eigenvalue weighted by Gasteiger charge is -2.36. The average Bonchev–Trinajstić information content (AvgIpc) is 2.69. The Morgan fingerprint density at radius 3 is 2.72 bits per heavy atom. The number of morpholine rings is 1. The maximum atomic E-state index is 12.8. The minimum atomic E-state index is 0.141. The molecule has 0 saturated carbocycles. The Morgan fingerprint density at radius 1 is 1.04 bits per heavy atom. The summed E-state index contributed by atoms with van der Waals surface area (Å²) in [6.45, 7) is 5.73. The molecule has 4 heteroatoms. The molecule has 0 spiro atoms. The van der Waals surface area contributed by atoms with Gasteiger partial charge in [-0.25, -0.2) is 0 Å². The van der Waals surface area contributed by atoms with Crippen LogP contribution >= 0.6 is 0 Å². The first kappa shape index (κ1) is 16.6. The van der Waals surface area contributed by atoms with E-state index in [1.807, 2.05) is 4.90 Å². The Bertz CT molecular complexity index is 734. The number of piperidine rings is 1. The number of fused-ring (bicyclic) bond motifs is 1. The van der Waals surface area contributed by atoms with Gasteiger partial charge in [0.2, 0.25) is 5.91 Å². The van der Waals surface area contributed by atoms with Crippen molar-refractivity contribution in [2.75, 3.05) is 39.4 Å². The van der Waals surface area contributed by atoms with E-state index in [1.54, 1.807) is 0 Å². The van der Waals surface area contributed by atoms with Crippen molar-refractivity contribution in [1.82, 2.24) is 9.80 Å². The van der Waals surface area contributed by atoms with Gasteiger partial charge in [-0.05, 0) is 35.7 Å². The van der Waals surface area contributed by atoms with Crippen LogP contribution in [0.4, 0.5) is 0 Å². The van der Waals surface area contributed by atoms with E-state index >= 15 is 0 Å². The Balaban J connectivity index is 1.45. The number of nitrogens with zero attached hydrogens (tertiary/aromatic N) is 2. The van der Waals surface area contributed by atoms with Gasteiger partial charge in [-0.3, -0.25) is 9.69 Å². The molecule has 2 fully saturated rings. The summed E-state index contributed by atoms with van der Waals surface area (Å²) < 4.78 is 5.37. The van der Waals surface area contributed by atoms with Crippen molar-refractivity contribution in [3.63, 3.8) is 0 Å². The molecule has 0 bridgehead atoms. The fourth-order valence-corrected chi connectivity index (χ4v) is 4.11. The van der Waals surface area contributed by atoms with Crippen LogP contribution in [-0.4, -0.2) is 55.1 Å². The summed E-state index contributed by atoms with van der Waals surface area (Å²) in [7, 11) is 0. The molecule has 132 valence electrons.